The second-order valence-corrected chi connectivity index (χ2v) is 8.43. The molecule has 0 saturated carbocycles. The van der Waals surface area contributed by atoms with E-state index < -0.39 is 23.4 Å². The summed E-state index contributed by atoms with van der Waals surface area (Å²) in [5.74, 6) is -0.922. The van der Waals surface area contributed by atoms with Crippen molar-refractivity contribution >= 4 is 58.2 Å². The van der Waals surface area contributed by atoms with Gasteiger partial charge in [0.2, 0.25) is 5.91 Å². The summed E-state index contributed by atoms with van der Waals surface area (Å²) in [4.78, 5) is 39.8. The molecule has 0 spiro atoms. The fourth-order valence-corrected chi connectivity index (χ4v) is 4.23. The molecule has 2 aromatic rings. The number of amides is 4. The van der Waals surface area contributed by atoms with E-state index >= 15 is 0 Å². The second kappa shape index (κ2) is 7.30. The van der Waals surface area contributed by atoms with Gasteiger partial charge in [-0.3, -0.25) is 14.5 Å². The van der Waals surface area contributed by atoms with Gasteiger partial charge >= 0.3 is 6.03 Å². The van der Waals surface area contributed by atoms with Gasteiger partial charge in [0, 0.05) is 15.5 Å². The van der Waals surface area contributed by atoms with Crippen molar-refractivity contribution in [2.45, 2.75) is 17.4 Å². The summed E-state index contributed by atoms with van der Waals surface area (Å²) in [5, 5.41) is 5.36. The summed E-state index contributed by atoms with van der Waals surface area (Å²) in [6.07, 6.45) is 1.94. The number of nitrogens with one attached hydrogen (secondary N) is 2. The first-order valence-electron chi connectivity index (χ1n) is 7.67. The Morgan fingerprint density at radius 1 is 1.35 bits per heavy atom. The molecule has 1 fully saturated rings. The molecule has 3 rings (SSSR count). The first kappa shape index (κ1) is 18.8. The maximum atomic E-state index is 12.8. The highest BCUT2D eigenvalue weighted by molar-refractivity contribution is 7.98. The first-order valence-corrected chi connectivity index (χ1v) is 10.1. The Morgan fingerprint density at radius 2 is 2.12 bits per heavy atom. The van der Waals surface area contributed by atoms with Crippen LogP contribution in [0.4, 0.5) is 10.5 Å². The molecule has 6 nitrogen and oxygen atoms in total. The summed E-state index contributed by atoms with van der Waals surface area (Å²) >= 11 is 8.71. The fourth-order valence-electron chi connectivity index (χ4n) is 2.64. The van der Waals surface area contributed by atoms with Gasteiger partial charge in [-0.15, -0.1) is 23.1 Å². The Balaban J connectivity index is 1.72. The number of anilines is 1. The minimum absolute atomic E-state index is 0.358. The standard InChI is InChI=1S/C17H16ClN3O3S2/c1-17(12-6-7-13(18)26-12)15(23)21(16(24)20-17)9-14(22)19-10-4-3-5-11(8-10)25-2/h3-8H,9H2,1-2H3,(H,19,22)(H,20,24)/t17-/m0/s1. The monoisotopic (exact) mass is 409 g/mol. The van der Waals surface area contributed by atoms with E-state index in [1.165, 1.54) is 11.3 Å². The highest BCUT2D eigenvalue weighted by Gasteiger charge is 2.50. The SMILES string of the molecule is CSc1cccc(NC(=O)CN2C(=O)N[C@@](C)(c3ccc(Cl)s3)C2=O)c1. The van der Waals surface area contributed by atoms with Crippen LogP contribution in [0.2, 0.25) is 4.34 Å². The van der Waals surface area contributed by atoms with Crippen molar-refractivity contribution in [2.75, 3.05) is 18.1 Å². The highest BCUT2D eigenvalue weighted by atomic mass is 35.5. The third-order valence-corrected chi connectivity index (χ3v) is 6.17. The first-order chi connectivity index (χ1) is 12.3. The summed E-state index contributed by atoms with van der Waals surface area (Å²) in [6, 6.07) is 10.1. The van der Waals surface area contributed by atoms with Gasteiger partial charge in [-0.2, -0.15) is 0 Å². The molecule has 1 aliphatic heterocycles. The van der Waals surface area contributed by atoms with Crippen LogP contribution in [-0.4, -0.2) is 35.5 Å². The third-order valence-electron chi connectivity index (χ3n) is 4.00. The molecule has 1 aromatic heterocycles. The normalized spacial score (nSPS) is 19.6. The summed E-state index contributed by atoms with van der Waals surface area (Å²) in [7, 11) is 0. The van der Waals surface area contributed by atoms with E-state index in [-0.39, 0.29) is 6.54 Å². The predicted octanol–water partition coefficient (Wildman–Crippen LogP) is 3.53. The number of hydrogen-bond acceptors (Lipinski definition) is 5. The van der Waals surface area contributed by atoms with Crippen molar-refractivity contribution < 1.29 is 14.4 Å². The fraction of sp³-hybridized carbons (Fsp3) is 0.235. The molecule has 1 atom stereocenters. The number of urea groups is 1. The van der Waals surface area contributed by atoms with Gasteiger partial charge in [-0.1, -0.05) is 17.7 Å². The molecule has 0 unspecified atom stereocenters. The minimum Gasteiger partial charge on any atom is -0.324 e. The van der Waals surface area contributed by atoms with E-state index in [9.17, 15) is 14.4 Å². The number of imide groups is 1. The number of nitrogens with zero attached hydrogens (tertiary/aromatic N) is 1. The van der Waals surface area contributed by atoms with Crippen molar-refractivity contribution in [3.05, 3.63) is 45.6 Å². The molecule has 0 aliphatic carbocycles. The molecule has 26 heavy (non-hydrogen) atoms. The second-order valence-electron chi connectivity index (χ2n) is 5.83. The zero-order valence-electron chi connectivity index (χ0n) is 14.0. The molecule has 9 heteroatoms. The average molecular weight is 410 g/mol. The molecule has 136 valence electrons. The van der Waals surface area contributed by atoms with Crippen LogP contribution >= 0.6 is 34.7 Å². The number of hydrogen-bond donors (Lipinski definition) is 2. The molecule has 1 aromatic carbocycles. The van der Waals surface area contributed by atoms with Crippen LogP contribution < -0.4 is 10.6 Å². The van der Waals surface area contributed by atoms with Crippen molar-refractivity contribution in [3.8, 4) is 0 Å². The lowest BCUT2D eigenvalue weighted by molar-refractivity contribution is -0.133. The van der Waals surface area contributed by atoms with E-state index in [0.29, 0.717) is 14.9 Å². The van der Waals surface area contributed by atoms with E-state index in [0.717, 1.165) is 9.80 Å². The Labute approximate surface area is 163 Å². The van der Waals surface area contributed by atoms with Crippen molar-refractivity contribution in [1.82, 2.24) is 10.2 Å². The zero-order valence-corrected chi connectivity index (χ0v) is 16.4. The summed E-state index contributed by atoms with van der Waals surface area (Å²) in [5.41, 5.74) is -0.602. The van der Waals surface area contributed by atoms with Gasteiger partial charge in [0.15, 0.2) is 5.54 Å². The summed E-state index contributed by atoms with van der Waals surface area (Å²) in [6.45, 7) is 1.25. The van der Waals surface area contributed by atoms with E-state index in [1.807, 2.05) is 24.5 Å². The molecular weight excluding hydrogens is 394 g/mol. The van der Waals surface area contributed by atoms with Gasteiger partial charge in [-0.05, 0) is 43.5 Å². The Kier molecular flexibility index (Phi) is 5.27. The molecule has 0 radical (unpaired) electrons. The Morgan fingerprint density at radius 3 is 2.77 bits per heavy atom. The van der Waals surface area contributed by atoms with Gasteiger partial charge in [-0.25, -0.2) is 4.79 Å². The topological polar surface area (TPSA) is 78.5 Å². The lowest BCUT2D eigenvalue weighted by Crippen LogP contribution is -2.41. The Hall–Kier alpha value is -2.03. The van der Waals surface area contributed by atoms with E-state index in [4.69, 9.17) is 11.6 Å². The molecule has 2 N–H and O–H groups in total. The van der Waals surface area contributed by atoms with Crippen LogP contribution in [-0.2, 0) is 15.1 Å². The smallest absolute Gasteiger partial charge is 0.324 e. The number of thioether (sulfide) groups is 1. The van der Waals surface area contributed by atoms with Gasteiger partial charge in [0.25, 0.3) is 5.91 Å². The van der Waals surface area contributed by atoms with E-state index in [1.54, 1.807) is 36.9 Å². The lowest BCUT2D eigenvalue weighted by Gasteiger charge is -2.20. The van der Waals surface area contributed by atoms with Crippen LogP contribution in [0.1, 0.15) is 11.8 Å². The predicted molar refractivity (Wildman–Crippen MR) is 104 cm³/mol. The number of benzene rings is 1. The molecule has 1 saturated heterocycles. The van der Waals surface area contributed by atoms with Crippen molar-refractivity contribution in [1.29, 1.82) is 0 Å². The number of thiophene rings is 1. The minimum atomic E-state index is -1.21. The quantitative estimate of drug-likeness (QED) is 0.585. The van der Waals surface area contributed by atoms with E-state index in [2.05, 4.69) is 10.6 Å². The molecule has 2 heterocycles. The molecule has 1 aliphatic rings. The maximum Gasteiger partial charge on any atom is 0.325 e. The van der Waals surface area contributed by atoms with Gasteiger partial charge in [0.1, 0.15) is 6.54 Å². The third kappa shape index (κ3) is 3.58. The van der Waals surface area contributed by atoms with Crippen LogP contribution in [0.3, 0.4) is 0 Å². The van der Waals surface area contributed by atoms with Crippen LogP contribution in [0.15, 0.2) is 41.3 Å². The number of carbonyl (C=O) groups excluding carboxylic acids is 3. The van der Waals surface area contributed by atoms with Crippen molar-refractivity contribution in [2.24, 2.45) is 0 Å². The zero-order chi connectivity index (χ0) is 18.9. The summed E-state index contributed by atoms with van der Waals surface area (Å²) < 4.78 is 0.521. The maximum absolute atomic E-state index is 12.8. The lowest BCUT2D eigenvalue weighted by atomic mass is 10.0. The number of rotatable bonds is 5. The number of halogens is 1. The molecule has 4 amide bonds. The molecular formula is C17H16ClN3O3S2. The molecule has 0 bridgehead atoms. The van der Waals surface area contributed by atoms with Crippen LogP contribution in [0.25, 0.3) is 0 Å². The highest BCUT2D eigenvalue weighted by Crippen LogP contribution is 2.35. The van der Waals surface area contributed by atoms with Crippen LogP contribution in [0, 0.1) is 0 Å². The van der Waals surface area contributed by atoms with Crippen LogP contribution in [0.5, 0.6) is 0 Å². The average Bonchev–Trinajstić information content (AvgIpc) is 3.13. The van der Waals surface area contributed by atoms with Gasteiger partial charge < -0.3 is 10.6 Å². The van der Waals surface area contributed by atoms with Gasteiger partial charge in [0.05, 0.1) is 4.34 Å². The Bertz CT molecular complexity index is 886. The van der Waals surface area contributed by atoms with Crippen molar-refractivity contribution in [3.63, 3.8) is 0 Å². The number of carbonyl (C=O) groups is 3. The largest absolute Gasteiger partial charge is 0.325 e.